The van der Waals surface area contributed by atoms with E-state index >= 15 is 0 Å². The van der Waals surface area contributed by atoms with Crippen LogP contribution in [-0.4, -0.2) is 23.3 Å². The predicted molar refractivity (Wildman–Crippen MR) is 62.9 cm³/mol. The summed E-state index contributed by atoms with van der Waals surface area (Å²) in [6.45, 7) is 0.859. The number of hydrogen-bond acceptors (Lipinski definition) is 5. The molecule has 2 aromatic heterocycles. The Kier molecular flexibility index (Phi) is 3.99. The Morgan fingerprint density at radius 2 is 2.29 bits per heavy atom. The molecule has 90 valence electrons. The van der Waals surface area contributed by atoms with Gasteiger partial charge < -0.3 is 19.6 Å². The summed E-state index contributed by atoms with van der Waals surface area (Å²) in [5.41, 5.74) is 0.887. The Labute approximate surface area is 99.1 Å². The summed E-state index contributed by atoms with van der Waals surface area (Å²) >= 11 is 0. The Balaban J connectivity index is 1.85. The molecular formula is C12H14N2O3. The summed E-state index contributed by atoms with van der Waals surface area (Å²) in [5, 5.41) is 11.8. The molecule has 0 aliphatic heterocycles. The van der Waals surface area contributed by atoms with Gasteiger partial charge in [-0.05, 0) is 18.2 Å². The molecule has 17 heavy (non-hydrogen) atoms. The number of aromatic nitrogens is 1. The molecule has 5 nitrogen and oxygen atoms in total. The van der Waals surface area contributed by atoms with E-state index in [0.717, 1.165) is 11.4 Å². The van der Waals surface area contributed by atoms with Gasteiger partial charge in [-0.2, -0.15) is 0 Å². The van der Waals surface area contributed by atoms with Crippen LogP contribution >= 0.6 is 0 Å². The standard InChI is InChI=1S/C12H14N2O3/c15-5-7-17-12-4-3-10(8-14-12)13-9-11-2-1-6-16-11/h1-4,6,8,13,15H,5,7,9H2. The highest BCUT2D eigenvalue weighted by Crippen LogP contribution is 2.12. The number of aliphatic hydroxyl groups excluding tert-OH is 1. The maximum absolute atomic E-state index is 8.60. The molecule has 0 saturated carbocycles. The molecule has 2 heterocycles. The van der Waals surface area contributed by atoms with Gasteiger partial charge in [-0.25, -0.2) is 4.98 Å². The van der Waals surface area contributed by atoms with Gasteiger partial charge >= 0.3 is 0 Å². The largest absolute Gasteiger partial charge is 0.475 e. The molecule has 0 fully saturated rings. The summed E-state index contributed by atoms with van der Waals surface area (Å²) in [4.78, 5) is 4.09. The zero-order valence-electron chi connectivity index (χ0n) is 9.30. The van der Waals surface area contributed by atoms with Crippen molar-refractivity contribution >= 4 is 5.69 Å². The molecule has 5 heteroatoms. The summed E-state index contributed by atoms with van der Waals surface area (Å²) in [6.07, 6.45) is 3.32. The molecule has 0 saturated heterocycles. The Morgan fingerprint density at radius 1 is 1.35 bits per heavy atom. The molecular weight excluding hydrogens is 220 g/mol. The number of nitrogens with zero attached hydrogens (tertiary/aromatic N) is 1. The first-order chi connectivity index (χ1) is 8.38. The Hall–Kier alpha value is -2.01. The fraction of sp³-hybridized carbons (Fsp3) is 0.250. The lowest BCUT2D eigenvalue weighted by atomic mass is 10.4. The van der Waals surface area contributed by atoms with Crippen molar-refractivity contribution in [3.05, 3.63) is 42.5 Å². The third-order valence-corrected chi connectivity index (χ3v) is 2.12. The van der Waals surface area contributed by atoms with E-state index in [4.69, 9.17) is 14.3 Å². The van der Waals surface area contributed by atoms with Crippen LogP contribution in [0.5, 0.6) is 5.88 Å². The maximum atomic E-state index is 8.60. The lowest BCUT2D eigenvalue weighted by Gasteiger charge is -2.06. The van der Waals surface area contributed by atoms with Crippen LogP contribution in [0.1, 0.15) is 5.76 Å². The number of aliphatic hydroxyl groups is 1. The molecule has 0 unspecified atom stereocenters. The monoisotopic (exact) mass is 234 g/mol. The van der Waals surface area contributed by atoms with Crippen LogP contribution in [-0.2, 0) is 6.54 Å². The van der Waals surface area contributed by atoms with Crippen molar-refractivity contribution in [3.8, 4) is 5.88 Å². The second-order valence-electron chi connectivity index (χ2n) is 3.39. The van der Waals surface area contributed by atoms with Gasteiger partial charge in [0.25, 0.3) is 0 Å². The number of anilines is 1. The van der Waals surface area contributed by atoms with Crippen molar-refractivity contribution in [1.82, 2.24) is 4.98 Å². The normalized spacial score (nSPS) is 10.2. The fourth-order valence-electron chi connectivity index (χ4n) is 1.32. The lowest BCUT2D eigenvalue weighted by Crippen LogP contribution is -2.03. The van der Waals surface area contributed by atoms with Crippen LogP contribution in [0.3, 0.4) is 0 Å². The van der Waals surface area contributed by atoms with Gasteiger partial charge in [-0.3, -0.25) is 0 Å². The number of furan rings is 1. The van der Waals surface area contributed by atoms with Crippen molar-refractivity contribution < 1.29 is 14.3 Å². The zero-order valence-corrected chi connectivity index (χ0v) is 9.30. The minimum Gasteiger partial charge on any atom is -0.475 e. The predicted octanol–water partition coefficient (Wildman–Crippen LogP) is 1.66. The molecule has 0 aromatic carbocycles. The summed E-state index contributed by atoms with van der Waals surface area (Å²) in [5.74, 6) is 1.37. The maximum Gasteiger partial charge on any atom is 0.213 e. The first-order valence-corrected chi connectivity index (χ1v) is 5.34. The van der Waals surface area contributed by atoms with E-state index in [1.807, 2.05) is 18.2 Å². The summed E-state index contributed by atoms with van der Waals surface area (Å²) in [6, 6.07) is 7.36. The van der Waals surface area contributed by atoms with Crippen LogP contribution in [0.25, 0.3) is 0 Å². The topological polar surface area (TPSA) is 67.5 Å². The first-order valence-electron chi connectivity index (χ1n) is 5.34. The van der Waals surface area contributed by atoms with Crippen LogP contribution in [0.2, 0.25) is 0 Å². The molecule has 0 radical (unpaired) electrons. The van der Waals surface area contributed by atoms with Crippen molar-refractivity contribution in [3.63, 3.8) is 0 Å². The SMILES string of the molecule is OCCOc1ccc(NCc2ccco2)cn1. The average molecular weight is 234 g/mol. The van der Waals surface area contributed by atoms with E-state index < -0.39 is 0 Å². The highest BCUT2D eigenvalue weighted by Gasteiger charge is 1.98. The van der Waals surface area contributed by atoms with E-state index in [9.17, 15) is 0 Å². The second-order valence-corrected chi connectivity index (χ2v) is 3.39. The van der Waals surface area contributed by atoms with Gasteiger partial charge in [0, 0.05) is 6.07 Å². The number of ether oxygens (including phenoxy) is 1. The first kappa shape index (κ1) is 11.5. The van der Waals surface area contributed by atoms with Crippen molar-refractivity contribution in [1.29, 1.82) is 0 Å². The summed E-state index contributed by atoms with van der Waals surface area (Å²) < 4.78 is 10.3. The second kappa shape index (κ2) is 5.91. The van der Waals surface area contributed by atoms with Gasteiger partial charge in [0.15, 0.2) is 0 Å². The van der Waals surface area contributed by atoms with E-state index in [2.05, 4.69) is 10.3 Å². The molecule has 2 N–H and O–H groups in total. The molecule has 0 aliphatic carbocycles. The number of pyridine rings is 1. The van der Waals surface area contributed by atoms with Crippen molar-refractivity contribution in [2.24, 2.45) is 0 Å². The van der Waals surface area contributed by atoms with Gasteiger partial charge in [0.1, 0.15) is 12.4 Å². The third kappa shape index (κ3) is 3.49. The van der Waals surface area contributed by atoms with E-state index in [1.165, 1.54) is 0 Å². The highest BCUT2D eigenvalue weighted by atomic mass is 16.5. The Bertz CT molecular complexity index is 426. The van der Waals surface area contributed by atoms with Crippen LogP contribution < -0.4 is 10.1 Å². The molecule has 0 aliphatic rings. The van der Waals surface area contributed by atoms with Gasteiger partial charge in [-0.15, -0.1) is 0 Å². The number of rotatable bonds is 6. The van der Waals surface area contributed by atoms with Gasteiger partial charge in [-0.1, -0.05) is 0 Å². The minimum absolute atomic E-state index is 0.0137. The van der Waals surface area contributed by atoms with Crippen molar-refractivity contribution in [2.75, 3.05) is 18.5 Å². The van der Waals surface area contributed by atoms with E-state index in [1.54, 1.807) is 18.5 Å². The summed E-state index contributed by atoms with van der Waals surface area (Å²) in [7, 11) is 0. The molecule has 0 amide bonds. The molecule has 2 aromatic rings. The number of hydrogen-bond donors (Lipinski definition) is 2. The molecule has 0 bridgehead atoms. The third-order valence-electron chi connectivity index (χ3n) is 2.12. The van der Waals surface area contributed by atoms with Crippen LogP contribution in [0.4, 0.5) is 5.69 Å². The average Bonchev–Trinajstić information content (AvgIpc) is 2.88. The van der Waals surface area contributed by atoms with Gasteiger partial charge in [0.05, 0.1) is 31.3 Å². The van der Waals surface area contributed by atoms with Crippen molar-refractivity contribution in [2.45, 2.75) is 6.54 Å². The van der Waals surface area contributed by atoms with E-state index in [-0.39, 0.29) is 13.2 Å². The smallest absolute Gasteiger partial charge is 0.213 e. The Morgan fingerprint density at radius 3 is 2.94 bits per heavy atom. The van der Waals surface area contributed by atoms with Crippen LogP contribution in [0.15, 0.2) is 41.1 Å². The number of nitrogens with one attached hydrogen (secondary N) is 1. The minimum atomic E-state index is -0.0137. The molecule has 0 atom stereocenters. The van der Waals surface area contributed by atoms with E-state index in [0.29, 0.717) is 12.4 Å². The highest BCUT2D eigenvalue weighted by molar-refractivity contribution is 5.42. The fourth-order valence-corrected chi connectivity index (χ4v) is 1.32. The zero-order chi connectivity index (χ0) is 11.9. The molecule has 0 spiro atoms. The molecule has 2 rings (SSSR count). The van der Waals surface area contributed by atoms with Gasteiger partial charge in [0.2, 0.25) is 5.88 Å². The quantitative estimate of drug-likeness (QED) is 0.795. The lowest BCUT2D eigenvalue weighted by molar-refractivity contribution is 0.196. The van der Waals surface area contributed by atoms with Crippen LogP contribution in [0, 0.1) is 0 Å².